The van der Waals surface area contributed by atoms with E-state index in [1.165, 1.54) is 0 Å². The first-order chi connectivity index (χ1) is 4.13. The van der Waals surface area contributed by atoms with E-state index in [1.54, 1.807) is 19.3 Å². The molecule has 0 aromatic rings. The Kier molecular flexibility index (Phi) is 4.06. The van der Waals surface area contributed by atoms with Crippen LogP contribution < -0.4 is 0 Å². The van der Waals surface area contributed by atoms with E-state index in [-0.39, 0.29) is 0 Å². The van der Waals surface area contributed by atoms with Crippen molar-refractivity contribution in [3.05, 3.63) is 23.4 Å². The lowest BCUT2D eigenvalue weighted by Gasteiger charge is -1.81. The predicted octanol–water partition coefficient (Wildman–Crippen LogP) is 2.73. The molecule has 0 heterocycles. The van der Waals surface area contributed by atoms with Crippen LogP contribution in [-0.4, -0.2) is 6.21 Å². The third kappa shape index (κ3) is 7.44. The number of nitrogens with zero attached hydrogens (tertiary/aromatic N) is 1. The summed E-state index contributed by atoms with van der Waals surface area (Å²) in [5, 5.41) is 0.674. The van der Waals surface area contributed by atoms with Crippen LogP contribution in [0.1, 0.15) is 13.8 Å². The van der Waals surface area contributed by atoms with E-state index in [9.17, 15) is 0 Å². The lowest BCUT2D eigenvalue weighted by molar-refractivity contribution is 1.49. The maximum atomic E-state index is 5.48. The number of halogens is 1. The van der Waals surface area contributed by atoms with Crippen molar-refractivity contribution < 1.29 is 0 Å². The number of allylic oxidation sites excluding steroid dienone is 2. The van der Waals surface area contributed by atoms with Gasteiger partial charge in [0.05, 0.1) is 0 Å². The Labute approximate surface area is 60.7 Å². The molecule has 0 aliphatic carbocycles. The van der Waals surface area contributed by atoms with E-state index in [4.69, 9.17) is 11.6 Å². The van der Waals surface area contributed by atoms with Gasteiger partial charge in [0.15, 0.2) is 0 Å². The molecule has 0 aliphatic rings. The van der Waals surface area contributed by atoms with Crippen molar-refractivity contribution >= 4 is 17.8 Å². The minimum atomic E-state index is 0.674. The molecule has 0 saturated heterocycles. The number of aliphatic imine (C=N–C) groups is 1. The van der Waals surface area contributed by atoms with Crippen molar-refractivity contribution in [2.75, 3.05) is 0 Å². The second-order valence-electron chi connectivity index (χ2n) is 1.84. The van der Waals surface area contributed by atoms with E-state index < -0.39 is 0 Å². The van der Waals surface area contributed by atoms with Crippen molar-refractivity contribution in [2.45, 2.75) is 13.8 Å². The molecule has 0 aliphatic heterocycles. The minimum absolute atomic E-state index is 0.674. The van der Waals surface area contributed by atoms with E-state index in [2.05, 4.69) is 11.6 Å². The molecule has 0 aromatic carbocycles. The highest BCUT2D eigenvalue weighted by molar-refractivity contribution is 6.29. The fourth-order valence-corrected chi connectivity index (χ4v) is 0.324. The minimum Gasteiger partial charge on any atom is -0.263 e. The molecule has 50 valence electrons. The molecule has 0 unspecified atom stereocenters. The Bertz CT molecular complexity index is 152. The summed E-state index contributed by atoms with van der Waals surface area (Å²) in [7, 11) is 0. The van der Waals surface area contributed by atoms with E-state index in [0.29, 0.717) is 5.03 Å². The van der Waals surface area contributed by atoms with Crippen molar-refractivity contribution in [3.8, 4) is 0 Å². The number of hydrogen-bond acceptors (Lipinski definition) is 1. The summed E-state index contributed by atoms with van der Waals surface area (Å²) < 4.78 is 0. The molecule has 2 heteroatoms. The van der Waals surface area contributed by atoms with Crippen LogP contribution in [0.5, 0.6) is 0 Å². The Balaban J connectivity index is 3.74. The summed E-state index contributed by atoms with van der Waals surface area (Å²) in [6, 6.07) is 0. The maximum Gasteiger partial charge on any atom is 0.0410 e. The van der Waals surface area contributed by atoms with Crippen molar-refractivity contribution in [1.29, 1.82) is 0 Å². The zero-order chi connectivity index (χ0) is 7.28. The molecule has 0 radical (unpaired) electrons. The van der Waals surface area contributed by atoms with Crippen molar-refractivity contribution in [2.24, 2.45) is 4.99 Å². The van der Waals surface area contributed by atoms with Gasteiger partial charge in [-0.15, -0.1) is 0 Å². The molecular formula is C7H10ClN. The first kappa shape index (κ1) is 8.44. The third-order valence-electron chi connectivity index (χ3n) is 0.547. The summed E-state index contributed by atoms with van der Waals surface area (Å²) in [5.74, 6) is 0. The normalized spacial score (nSPS) is 12.6. The molecule has 0 saturated carbocycles. The largest absolute Gasteiger partial charge is 0.263 e. The average Bonchev–Trinajstić information content (AvgIpc) is 1.63. The molecule has 0 bridgehead atoms. The molecular weight excluding hydrogens is 134 g/mol. The van der Waals surface area contributed by atoms with Gasteiger partial charge in [-0.1, -0.05) is 18.2 Å². The second-order valence-corrected chi connectivity index (χ2v) is 2.44. The smallest absolute Gasteiger partial charge is 0.0410 e. The zero-order valence-electron chi connectivity index (χ0n) is 5.69. The molecule has 0 fully saturated rings. The van der Waals surface area contributed by atoms with Crippen LogP contribution in [0.15, 0.2) is 28.4 Å². The van der Waals surface area contributed by atoms with Crippen LogP contribution in [-0.2, 0) is 0 Å². The molecule has 0 rings (SSSR count). The van der Waals surface area contributed by atoms with Crippen LogP contribution in [0.4, 0.5) is 0 Å². The van der Waals surface area contributed by atoms with Crippen LogP contribution in [0.3, 0.4) is 0 Å². The Hall–Kier alpha value is -0.560. The van der Waals surface area contributed by atoms with Crippen LogP contribution in [0.25, 0.3) is 0 Å². The van der Waals surface area contributed by atoms with Gasteiger partial charge >= 0.3 is 0 Å². The fourth-order valence-electron chi connectivity index (χ4n) is 0.267. The van der Waals surface area contributed by atoms with Gasteiger partial charge in [-0.3, -0.25) is 4.99 Å². The molecule has 9 heavy (non-hydrogen) atoms. The quantitative estimate of drug-likeness (QED) is 0.527. The highest BCUT2D eigenvalue weighted by atomic mass is 35.5. The van der Waals surface area contributed by atoms with Gasteiger partial charge < -0.3 is 0 Å². The SMILES string of the molecule is C=C(C)C=NC=C(C)Cl. The van der Waals surface area contributed by atoms with Gasteiger partial charge in [0, 0.05) is 17.4 Å². The van der Waals surface area contributed by atoms with Crippen LogP contribution in [0.2, 0.25) is 0 Å². The molecule has 1 nitrogen and oxygen atoms in total. The van der Waals surface area contributed by atoms with Gasteiger partial charge in [-0.2, -0.15) is 0 Å². The molecule has 0 N–H and O–H groups in total. The lowest BCUT2D eigenvalue weighted by atomic mass is 10.4. The van der Waals surface area contributed by atoms with E-state index in [0.717, 1.165) is 5.57 Å². The Morgan fingerprint density at radius 3 is 2.44 bits per heavy atom. The predicted molar refractivity (Wildman–Crippen MR) is 42.9 cm³/mol. The summed E-state index contributed by atoms with van der Waals surface area (Å²) in [6.07, 6.45) is 3.24. The Morgan fingerprint density at radius 2 is 2.11 bits per heavy atom. The van der Waals surface area contributed by atoms with Crippen molar-refractivity contribution in [3.63, 3.8) is 0 Å². The number of hydrogen-bond donors (Lipinski definition) is 0. The molecule has 0 spiro atoms. The standard InChI is InChI=1S/C7H10ClN/c1-6(2)4-9-5-7(3)8/h4-5H,1H2,2-3H3. The Morgan fingerprint density at radius 1 is 1.56 bits per heavy atom. The topological polar surface area (TPSA) is 12.4 Å². The maximum absolute atomic E-state index is 5.48. The first-order valence-corrected chi connectivity index (χ1v) is 3.01. The first-order valence-electron chi connectivity index (χ1n) is 2.64. The van der Waals surface area contributed by atoms with Crippen LogP contribution in [0, 0.1) is 0 Å². The van der Waals surface area contributed by atoms with Crippen molar-refractivity contribution in [1.82, 2.24) is 0 Å². The van der Waals surface area contributed by atoms with Gasteiger partial charge in [0.25, 0.3) is 0 Å². The molecule has 0 atom stereocenters. The zero-order valence-corrected chi connectivity index (χ0v) is 6.44. The summed E-state index contributed by atoms with van der Waals surface area (Å²) in [6.45, 7) is 7.28. The van der Waals surface area contributed by atoms with Gasteiger partial charge in [-0.25, -0.2) is 0 Å². The van der Waals surface area contributed by atoms with Crippen LogP contribution >= 0.6 is 11.6 Å². The highest BCUT2D eigenvalue weighted by Crippen LogP contribution is 1.96. The van der Waals surface area contributed by atoms with Gasteiger partial charge in [-0.05, 0) is 19.4 Å². The highest BCUT2D eigenvalue weighted by Gasteiger charge is 1.74. The molecule has 0 aromatic heterocycles. The number of rotatable bonds is 2. The van der Waals surface area contributed by atoms with E-state index >= 15 is 0 Å². The summed E-state index contributed by atoms with van der Waals surface area (Å²) in [4.78, 5) is 3.85. The van der Waals surface area contributed by atoms with Gasteiger partial charge in [0.1, 0.15) is 0 Å². The monoisotopic (exact) mass is 143 g/mol. The summed E-state index contributed by atoms with van der Waals surface area (Å²) >= 11 is 5.48. The summed E-state index contributed by atoms with van der Waals surface area (Å²) in [5.41, 5.74) is 0.921. The molecule has 0 amide bonds. The fraction of sp³-hybridized carbons (Fsp3) is 0.286. The third-order valence-corrected chi connectivity index (χ3v) is 0.645. The average molecular weight is 144 g/mol. The van der Waals surface area contributed by atoms with E-state index in [1.807, 2.05) is 6.92 Å². The van der Waals surface area contributed by atoms with Gasteiger partial charge in [0.2, 0.25) is 0 Å². The second kappa shape index (κ2) is 4.33. The lowest BCUT2D eigenvalue weighted by Crippen LogP contribution is -1.69.